The lowest BCUT2D eigenvalue weighted by Crippen LogP contribution is -2.20. The van der Waals surface area contributed by atoms with Crippen molar-refractivity contribution >= 4 is 47.0 Å². The van der Waals surface area contributed by atoms with Crippen LogP contribution in [0.15, 0.2) is 59.5 Å². The Balaban J connectivity index is 1.84. The average molecular weight is 362 g/mol. The summed E-state index contributed by atoms with van der Waals surface area (Å²) >= 11 is 7.38. The molecule has 0 aliphatic rings. The number of nitrogens with one attached hydrogen (secondary N) is 1. The van der Waals surface area contributed by atoms with Gasteiger partial charge in [0.25, 0.3) is 5.91 Å². The second kappa shape index (κ2) is 9.15. The van der Waals surface area contributed by atoms with Gasteiger partial charge in [-0.15, -0.1) is 11.8 Å². The van der Waals surface area contributed by atoms with Crippen LogP contribution in [0, 0.1) is 0 Å². The molecule has 0 fully saturated rings. The van der Waals surface area contributed by atoms with Crippen molar-refractivity contribution in [2.45, 2.75) is 4.90 Å². The standard InChI is InChI=1S/C18H16ClNO3S/c1-24-16-8-3-2-7-15(16)20-17(21)12-23-18(22)10-9-13-5-4-6-14(19)11-13/h2-11H,12H2,1H3,(H,20,21)/b10-9+. The molecule has 0 heterocycles. The van der Waals surface area contributed by atoms with Crippen LogP contribution in [0.25, 0.3) is 6.08 Å². The summed E-state index contributed by atoms with van der Waals surface area (Å²) in [6.07, 6.45) is 4.76. The largest absolute Gasteiger partial charge is 0.452 e. The summed E-state index contributed by atoms with van der Waals surface area (Å²) < 4.78 is 4.92. The lowest BCUT2D eigenvalue weighted by atomic mass is 10.2. The SMILES string of the molecule is CSc1ccccc1NC(=O)COC(=O)/C=C/c1cccc(Cl)c1. The zero-order chi connectivity index (χ0) is 17.4. The first-order valence-corrected chi connectivity index (χ1v) is 8.72. The summed E-state index contributed by atoms with van der Waals surface area (Å²) in [7, 11) is 0. The maximum absolute atomic E-state index is 11.9. The fourth-order valence-electron chi connectivity index (χ4n) is 1.89. The van der Waals surface area contributed by atoms with Gasteiger partial charge in [-0.25, -0.2) is 4.79 Å². The predicted molar refractivity (Wildman–Crippen MR) is 98.3 cm³/mol. The van der Waals surface area contributed by atoms with E-state index in [1.807, 2.05) is 30.5 Å². The highest BCUT2D eigenvalue weighted by atomic mass is 35.5. The summed E-state index contributed by atoms with van der Waals surface area (Å²) in [5.74, 6) is -0.982. The highest BCUT2D eigenvalue weighted by molar-refractivity contribution is 7.98. The average Bonchev–Trinajstić information content (AvgIpc) is 2.58. The molecule has 0 bridgehead atoms. The third kappa shape index (κ3) is 5.76. The van der Waals surface area contributed by atoms with E-state index in [1.165, 1.54) is 17.8 Å². The van der Waals surface area contributed by atoms with Crippen LogP contribution < -0.4 is 5.32 Å². The second-order valence-electron chi connectivity index (χ2n) is 4.74. The van der Waals surface area contributed by atoms with Gasteiger partial charge in [-0.05, 0) is 42.2 Å². The molecule has 0 aliphatic heterocycles. The smallest absolute Gasteiger partial charge is 0.331 e. The van der Waals surface area contributed by atoms with Gasteiger partial charge < -0.3 is 10.1 Å². The molecule has 0 aromatic heterocycles. The first-order valence-electron chi connectivity index (χ1n) is 7.12. The molecule has 2 aromatic rings. The van der Waals surface area contributed by atoms with Crippen molar-refractivity contribution in [1.29, 1.82) is 0 Å². The Kier molecular flexibility index (Phi) is 6.90. The van der Waals surface area contributed by atoms with Gasteiger partial charge in [-0.2, -0.15) is 0 Å². The first kappa shape index (κ1) is 18.1. The zero-order valence-electron chi connectivity index (χ0n) is 13.0. The van der Waals surface area contributed by atoms with E-state index >= 15 is 0 Å². The Bertz CT molecular complexity index is 761. The van der Waals surface area contributed by atoms with Crippen molar-refractivity contribution in [3.05, 3.63) is 65.2 Å². The number of hydrogen-bond donors (Lipinski definition) is 1. The van der Waals surface area contributed by atoms with Gasteiger partial charge in [0.05, 0.1) is 5.69 Å². The molecule has 1 N–H and O–H groups in total. The van der Waals surface area contributed by atoms with Crippen molar-refractivity contribution < 1.29 is 14.3 Å². The molecule has 2 aromatic carbocycles. The van der Waals surface area contributed by atoms with Gasteiger partial charge in [0.15, 0.2) is 6.61 Å². The maximum Gasteiger partial charge on any atom is 0.331 e. The number of carbonyl (C=O) groups is 2. The molecule has 0 spiro atoms. The minimum atomic E-state index is -0.594. The highest BCUT2D eigenvalue weighted by Crippen LogP contribution is 2.24. The van der Waals surface area contributed by atoms with Crippen molar-refractivity contribution in [2.75, 3.05) is 18.2 Å². The molecule has 1 amide bonds. The van der Waals surface area contributed by atoms with E-state index in [2.05, 4.69) is 5.32 Å². The fraction of sp³-hybridized carbons (Fsp3) is 0.111. The van der Waals surface area contributed by atoms with Crippen molar-refractivity contribution in [2.24, 2.45) is 0 Å². The molecule has 0 unspecified atom stereocenters. The Hall–Kier alpha value is -2.24. The number of ether oxygens (including phenoxy) is 1. The Morgan fingerprint density at radius 3 is 2.75 bits per heavy atom. The van der Waals surface area contributed by atoms with E-state index < -0.39 is 5.97 Å². The van der Waals surface area contributed by atoms with Crippen molar-refractivity contribution in [3.8, 4) is 0 Å². The minimum absolute atomic E-state index is 0.346. The molecule has 0 saturated carbocycles. The molecular weight excluding hydrogens is 346 g/mol. The number of rotatable bonds is 6. The normalized spacial score (nSPS) is 10.6. The van der Waals surface area contributed by atoms with Crippen molar-refractivity contribution in [1.82, 2.24) is 0 Å². The molecule has 4 nitrogen and oxygen atoms in total. The Labute approximate surface area is 149 Å². The zero-order valence-corrected chi connectivity index (χ0v) is 14.6. The fourth-order valence-corrected chi connectivity index (χ4v) is 2.65. The number of benzene rings is 2. The molecule has 0 saturated heterocycles. The summed E-state index contributed by atoms with van der Waals surface area (Å²) in [5, 5.41) is 3.30. The van der Waals surface area contributed by atoms with E-state index in [4.69, 9.17) is 16.3 Å². The van der Waals surface area contributed by atoms with Gasteiger partial charge in [0.1, 0.15) is 0 Å². The van der Waals surface area contributed by atoms with E-state index in [0.29, 0.717) is 10.7 Å². The lowest BCUT2D eigenvalue weighted by Gasteiger charge is -2.08. The second-order valence-corrected chi connectivity index (χ2v) is 6.03. The van der Waals surface area contributed by atoms with E-state index in [0.717, 1.165) is 10.5 Å². The van der Waals surface area contributed by atoms with Gasteiger partial charge in [0, 0.05) is 16.0 Å². The van der Waals surface area contributed by atoms with Gasteiger partial charge in [-0.3, -0.25) is 4.79 Å². The van der Waals surface area contributed by atoms with Crippen LogP contribution in [0.3, 0.4) is 0 Å². The van der Waals surface area contributed by atoms with Crippen LogP contribution in [-0.4, -0.2) is 24.7 Å². The summed E-state index contributed by atoms with van der Waals surface area (Å²) in [4.78, 5) is 24.5. The van der Waals surface area contributed by atoms with E-state index in [1.54, 1.807) is 30.3 Å². The molecule has 0 atom stereocenters. The summed E-state index contributed by atoms with van der Waals surface area (Å²) in [6, 6.07) is 14.5. The molecular formula is C18H16ClNO3S. The topological polar surface area (TPSA) is 55.4 Å². The number of carbonyl (C=O) groups excluding carboxylic acids is 2. The number of anilines is 1. The number of halogens is 1. The number of thioether (sulfide) groups is 1. The summed E-state index contributed by atoms with van der Waals surface area (Å²) in [5.41, 5.74) is 1.47. The van der Waals surface area contributed by atoms with Gasteiger partial charge in [0.2, 0.25) is 0 Å². The Morgan fingerprint density at radius 2 is 2.00 bits per heavy atom. The third-order valence-corrected chi connectivity index (χ3v) is 4.02. The monoisotopic (exact) mass is 361 g/mol. The minimum Gasteiger partial charge on any atom is -0.452 e. The Morgan fingerprint density at radius 1 is 1.21 bits per heavy atom. The number of esters is 1. The van der Waals surface area contributed by atoms with Crippen LogP contribution in [0.5, 0.6) is 0 Å². The van der Waals surface area contributed by atoms with Crippen LogP contribution in [0.2, 0.25) is 5.02 Å². The quantitative estimate of drug-likeness (QED) is 0.474. The van der Waals surface area contributed by atoms with E-state index in [-0.39, 0.29) is 12.5 Å². The van der Waals surface area contributed by atoms with Crippen LogP contribution in [-0.2, 0) is 14.3 Å². The molecule has 0 aliphatic carbocycles. The molecule has 124 valence electrons. The van der Waals surface area contributed by atoms with Crippen LogP contribution in [0.1, 0.15) is 5.56 Å². The van der Waals surface area contributed by atoms with Crippen molar-refractivity contribution in [3.63, 3.8) is 0 Å². The van der Waals surface area contributed by atoms with Gasteiger partial charge in [-0.1, -0.05) is 35.9 Å². The van der Waals surface area contributed by atoms with Crippen LogP contribution >= 0.6 is 23.4 Å². The van der Waals surface area contributed by atoms with E-state index in [9.17, 15) is 9.59 Å². The molecule has 24 heavy (non-hydrogen) atoms. The summed E-state index contributed by atoms with van der Waals surface area (Å²) in [6.45, 7) is -0.346. The molecule has 6 heteroatoms. The lowest BCUT2D eigenvalue weighted by molar-refractivity contribution is -0.142. The third-order valence-electron chi connectivity index (χ3n) is 2.99. The number of amides is 1. The number of hydrogen-bond acceptors (Lipinski definition) is 4. The first-order chi connectivity index (χ1) is 11.6. The molecule has 2 rings (SSSR count). The predicted octanol–water partition coefficient (Wildman–Crippen LogP) is 4.26. The van der Waals surface area contributed by atoms with Crippen LogP contribution in [0.4, 0.5) is 5.69 Å². The van der Waals surface area contributed by atoms with Gasteiger partial charge >= 0.3 is 5.97 Å². The highest BCUT2D eigenvalue weighted by Gasteiger charge is 2.08. The maximum atomic E-state index is 11.9. The number of para-hydroxylation sites is 1. The molecule has 0 radical (unpaired) electrons.